The summed E-state index contributed by atoms with van der Waals surface area (Å²) in [6.45, 7) is 4.82. The lowest BCUT2D eigenvalue weighted by Gasteiger charge is -2.06. The molecule has 1 N–H and O–H groups in total. The molecule has 0 fully saturated rings. The zero-order chi connectivity index (χ0) is 14.8. The van der Waals surface area contributed by atoms with E-state index >= 15 is 0 Å². The van der Waals surface area contributed by atoms with E-state index in [0.29, 0.717) is 12.5 Å². The Labute approximate surface area is 122 Å². The fourth-order valence-corrected chi connectivity index (χ4v) is 2.15. The molecule has 3 rings (SSSR count). The molecule has 0 saturated heterocycles. The Balaban J connectivity index is 1.84. The van der Waals surface area contributed by atoms with Gasteiger partial charge >= 0.3 is 0 Å². The van der Waals surface area contributed by atoms with Crippen LogP contribution in [0.5, 0.6) is 0 Å². The molecule has 0 saturated carbocycles. The molecule has 21 heavy (non-hydrogen) atoms. The SMILES string of the molecule is CC(C)c1cc2c(NCc3ccc(F)cc3)nccn2n1. The van der Waals surface area contributed by atoms with E-state index in [9.17, 15) is 4.39 Å². The number of nitrogens with one attached hydrogen (secondary N) is 1. The highest BCUT2D eigenvalue weighted by molar-refractivity contribution is 5.67. The third-order valence-electron chi connectivity index (χ3n) is 3.37. The maximum Gasteiger partial charge on any atom is 0.152 e. The van der Waals surface area contributed by atoms with Crippen LogP contribution in [0.3, 0.4) is 0 Å². The minimum Gasteiger partial charge on any atom is -0.364 e. The topological polar surface area (TPSA) is 42.2 Å². The molecule has 0 aliphatic rings. The lowest BCUT2D eigenvalue weighted by molar-refractivity contribution is 0.627. The third-order valence-corrected chi connectivity index (χ3v) is 3.37. The standard InChI is InChI=1S/C16H17FN4/c1-11(2)14-9-15-16(18-7-8-21(15)20-14)19-10-12-3-5-13(17)6-4-12/h3-9,11H,10H2,1-2H3,(H,18,19). The van der Waals surface area contributed by atoms with Crippen LogP contribution < -0.4 is 5.32 Å². The normalized spacial score (nSPS) is 11.2. The first-order valence-electron chi connectivity index (χ1n) is 6.96. The Morgan fingerprint density at radius 2 is 2.00 bits per heavy atom. The molecular weight excluding hydrogens is 267 g/mol. The molecule has 0 aliphatic heterocycles. The van der Waals surface area contributed by atoms with Crippen LogP contribution >= 0.6 is 0 Å². The van der Waals surface area contributed by atoms with Crippen LogP contribution in [-0.2, 0) is 6.54 Å². The molecule has 1 aromatic carbocycles. The number of halogens is 1. The number of benzene rings is 1. The summed E-state index contributed by atoms with van der Waals surface area (Å²) >= 11 is 0. The minimum absolute atomic E-state index is 0.226. The number of hydrogen-bond acceptors (Lipinski definition) is 3. The minimum atomic E-state index is -0.226. The van der Waals surface area contributed by atoms with Crippen LogP contribution in [0, 0.1) is 5.82 Å². The van der Waals surface area contributed by atoms with E-state index < -0.39 is 0 Å². The molecule has 2 heterocycles. The molecule has 0 amide bonds. The Morgan fingerprint density at radius 3 is 2.71 bits per heavy atom. The van der Waals surface area contributed by atoms with Crippen molar-refractivity contribution < 1.29 is 4.39 Å². The van der Waals surface area contributed by atoms with Crippen LogP contribution in [0.25, 0.3) is 5.52 Å². The van der Waals surface area contributed by atoms with Gasteiger partial charge in [-0.3, -0.25) is 0 Å². The molecule has 108 valence electrons. The summed E-state index contributed by atoms with van der Waals surface area (Å²) in [5.74, 6) is 0.924. The molecule has 2 aromatic heterocycles. The molecule has 5 heteroatoms. The van der Waals surface area contributed by atoms with Crippen molar-refractivity contribution in [2.24, 2.45) is 0 Å². The average molecular weight is 284 g/mol. The van der Waals surface area contributed by atoms with Gasteiger partial charge in [-0.1, -0.05) is 26.0 Å². The summed E-state index contributed by atoms with van der Waals surface area (Å²) in [5, 5.41) is 7.81. The Hall–Kier alpha value is -2.43. The van der Waals surface area contributed by atoms with E-state index in [2.05, 4.69) is 29.2 Å². The number of anilines is 1. The van der Waals surface area contributed by atoms with E-state index in [1.54, 1.807) is 18.3 Å². The smallest absolute Gasteiger partial charge is 0.152 e. The summed E-state index contributed by atoms with van der Waals surface area (Å²) in [5.41, 5.74) is 2.99. The fraction of sp³-hybridized carbons (Fsp3) is 0.250. The molecule has 3 aromatic rings. The zero-order valence-electron chi connectivity index (χ0n) is 12.0. The average Bonchev–Trinajstić information content (AvgIpc) is 2.91. The molecule has 4 nitrogen and oxygen atoms in total. The van der Waals surface area contributed by atoms with Crippen LogP contribution in [0.15, 0.2) is 42.7 Å². The zero-order valence-corrected chi connectivity index (χ0v) is 12.0. The number of nitrogens with zero attached hydrogens (tertiary/aromatic N) is 3. The van der Waals surface area contributed by atoms with Crippen molar-refractivity contribution in [1.82, 2.24) is 14.6 Å². The highest BCUT2D eigenvalue weighted by Gasteiger charge is 2.09. The predicted octanol–water partition coefficient (Wildman–Crippen LogP) is 3.60. The highest BCUT2D eigenvalue weighted by atomic mass is 19.1. The van der Waals surface area contributed by atoms with Crippen molar-refractivity contribution >= 4 is 11.3 Å². The van der Waals surface area contributed by atoms with Crippen molar-refractivity contribution in [1.29, 1.82) is 0 Å². The maximum absolute atomic E-state index is 12.9. The molecule has 0 spiro atoms. The van der Waals surface area contributed by atoms with E-state index in [1.165, 1.54) is 12.1 Å². The number of fused-ring (bicyclic) bond motifs is 1. The second kappa shape index (κ2) is 5.52. The van der Waals surface area contributed by atoms with Gasteiger partial charge in [0.1, 0.15) is 11.3 Å². The summed E-state index contributed by atoms with van der Waals surface area (Å²) in [4.78, 5) is 4.37. The Morgan fingerprint density at radius 1 is 1.24 bits per heavy atom. The van der Waals surface area contributed by atoms with E-state index in [0.717, 1.165) is 22.6 Å². The third kappa shape index (κ3) is 2.86. The fourth-order valence-electron chi connectivity index (χ4n) is 2.15. The number of aromatic nitrogens is 3. The first kappa shape index (κ1) is 13.5. The van der Waals surface area contributed by atoms with Crippen LogP contribution in [-0.4, -0.2) is 14.6 Å². The Bertz CT molecular complexity index is 747. The first-order valence-corrected chi connectivity index (χ1v) is 6.96. The molecule has 0 bridgehead atoms. The maximum atomic E-state index is 12.9. The van der Waals surface area contributed by atoms with Crippen molar-refractivity contribution in [3.8, 4) is 0 Å². The van der Waals surface area contributed by atoms with Crippen molar-refractivity contribution in [3.05, 3.63) is 59.8 Å². The quantitative estimate of drug-likeness (QED) is 0.796. The lowest BCUT2D eigenvalue weighted by Crippen LogP contribution is -2.03. The van der Waals surface area contributed by atoms with Gasteiger partial charge in [0.05, 0.1) is 5.69 Å². The summed E-state index contributed by atoms with van der Waals surface area (Å²) in [6.07, 6.45) is 3.56. The number of hydrogen-bond donors (Lipinski definition) is 1. The van der Waals surface area contributed by atoms with Gasteiger partial charge in [-0.25, -0.2) is 13.9 Å². The van der Waals surface area contributed by atoms with E-state index in [4.69, 9.17) is 0 Å². The van der Waals surface area contributed by atoms with Crippen LogP contribution in [0.4, 0.5) is 10.2 Å². The van der Waals surface area contributed by atoms with E-state index in [-0.39, 0.29) is 5.82 Å². The van der Waals surface area contributed by atoms with Gasteiger partial charge < -0.3 is 5.32 Å². The first-order chi connectivity index (χ1) is 10.1. The van der Waals surface area contributed by atoms with Gasteiger partial charge in [0, 0.05) is 18.9 Å². The summed E-state index contributed by atoms with van der Waals surface area (Å²) in [6, 6.07) is 8.49. The molecule has 0 atom stereocenters. The molecule has 0 aliphatic carbocycles. The van der Waals surface area contributed by atoms with Crippen LogP contribution in [0.2, 0.25) is 0 Å². The predicted molar refractivity (Wildman–Crippen MR) is 80.8 cm³/mol. The summed E-state index contributed by atoms with van der Waals surface area (Å²) < 4.78 is 14.7. The van der Waals surface area contributed by atoms with Crippen LogP contribution in [0.1, 0.15) is 31.0 Å². The van der Waals surface area contributed by atoms with Crippen molar-refractivity contribution in [2.45, 2.75) is 26.3 Å². The van der Waals surface area contributed by atoms with Gasteiger partial charge in [-0.2, -0.15) is 5.10 Å². The van der Waals surface area contributed by atoms with Gasteiger partial charge in [-0.05, 0) is 29.7 Å². The number of rotatable bonds is 4. The molecular formula is C16H17FN4. The van der Waals surface area contributed by atoms with Gasteiger partial charge in [0.25, 0.3) is 0 Å². The molecule has 0 unspecified atom stereocenters. The van der Waals surface area contributed by atoms with E-state index in [1.807, 2.05) is 16.8 Å². The van der Waals surface area contributed by atoms with Crippen molar-refractivity contribution in [3.63, 3.8) is 0 Å². The van der Waals surface area contributed by atoms with Gasteiger partial charge in [-0.15, -0.1) is 0 Å². The Kier molecular flexibility index (Phi) is 3.56. The van der Waals surface area contributed by atoms with Crippen molar-refractivity contribution in [2.75, 3.05) is 5.32 Å². The second-order valence-electron chi connectivity index (χ2n) is 5.31. The molecule has 0 radical (unpaired) electrons. The second-order valence-corrected chi connectivity index (χ2v) is 5.31. The monoisotopic (exact) mass is 284 g/mol. The van der Waals surface area contributed by atoms with Gasteiger partial charge in [0.15, 0.2) is 5.82 Å². The lowest BCUT2D eigenvalue weighted by atomic mass is 10.1. The summed E-state index contributed by atoms with van der Waals surface area (Å²) in [7, 11) is 0. The van der Waals surface area contributed by atoms with Gasteiger partial charge in [0.2, 0.25) is 0 Å². The highest BCUT2D eigenvalue weighted by Crippen LogP contribution is 2.20. The largest absolute Gasteiger partial charge is 0.364 e.